The van der Waals surface area contributed by atoms with Crippen LogP contribution in [0.1, 0.15) is 5.56 Å². The Hall–Kier alpha value is -2.33. The van der Waals surface area contributed by atoms with E-state index in [2.05, 4.69) is 15.3 Å². The summed E-state index contributed by atoms with van der Waals surface area (Å²) in [5.74, 6) is 1.41. The van der Waals surface area contributed by atoms with E-state index in [1.54, 1.807) is 7.11 Å². The largest absolute Gasteiger partial charge is 0.495 e. The number of rotatable bonds is 3. The molecule has 0 saturated carbocycles. The molecule has 0 spiro atoms. The number of nitrogens with zero attached hydrogens (tertiary/aromatic N) is 2. The van der Waals surface area contributed by atoms with E-state index in [-0.39, 0.29) is 5.28 Å². The van der Waals surface area contributed by atoms with Crippen molar-refractivity contribution in [2.75, 3.05) is 12.4 Å². The van der Waals surface area contributed by atoms with Crippen molar-refractivity contribution in [1.82, 2.24) is 9.97 Å². The predicted octanol–water partition coefficient (Wildman–Crippen LogP) is 4.34. The van der Waals surface area contributed by atoms with Crippen molar-refractivity contribution in [1.29, 1.82) is 0 Å². The van der Waals surface area contributed by atoms with E-state index in [4.69, 9.17) is 16.3 Å². The number of hydrogen-bond acceptors (Lipinski definition) is 4. The first-order chi connectivity index (χ1) is 10.2. The van der Waals surface area contributed by atoms with Crippen LogP contribution in [0, 0.1) is 6.92 Å². The number of anilines is 2. The molecule has 0 radical (unpaired) electrons. The minimum Gasteiger partial charge on any atom is -0.495 e. The second-order valence-corrected chi connectivity index (χ2v) is 5.03. The molecule has 0 saturated heterocycles. The molecular formula is C16H14ClN3O. The predicted molar refractivity (Wildman–Crippen MR) is 85.6 cm³/mol. The molecule has 1 aromatic heterocycles. The van der Waals surface area contributed by atoms with Crippen LogP contribution in [-0.4, -0.2) is 17.1 Å². The first kappa shape index (κ1) is 13.6. The van der Waals surface area contributed by atoms with Crippen LogP contribution in [-0.2, 0) is 0 Å². The maximum absolute atomic E-state index is 6.00. The van der Waals surface area contributed by atoms with Gasteiger partial charge in [0.25, 0.3) is 0 Å². The van der Waals surface area contributed by atoms with Crippen LogP contribution < -0.4 is 10.1 Å². The molecule has 0 bridgehead atoms. The van der Waals surface area contributed by atoms with Crippen molar-refractivity contribution in [3.8, 4) is 5.75 Å². The second-order valence-electron chi connectivity index (χ2n) is 4.69. The number of methoxy groups -OCH3 is 1. The van der Waals surface area contributed by atoms with Gasteiger partial charge in [0.1, 0.15) is 11.6 Å². The van der Waals surface area contributed by atoms with Crippen LogP contribution in [0.4, 0.5) is 11.5 Å². The van der Waals surface area contributed by atoms with E-state index < -0.39 is 0 Å². The number of nitrogens with one attached hydrogen (secondary N) is 1. The Balaban J connectivity index is 2.12. The SMILES string of the molecule is COc1ccc(C)cc1Nc1nc(Cl)nc2ccccc12. The summed E-state index contributed by atoms with van der Waals surface area (Å²) in [5, 5.41) is 4.41. The van der Waals surface area contributed by atoms with Crippen LogP contribution in [0.25, 0.3) is 10.9 Å². The fourth-order valence-electron chi connectivity index (χ4n) is 2.19. The third kappa shape index (κ3) is 2.76. The maximum Gasteiger partial charge on any atom is 0.224 e. The fourth-order valence-corrected chi connectivity index (χ4v) is 2.37. The number of benzene rings is 2. The lowest BCUT2D eigenvalue weighted by Gasteiger charge is -2.13. The van der Waals surface area contributed by atoms with E-state index in [9.17, 15) is 0 Å². The molecule has 4 nitrogen and oxygen atoms in total. The molecule has 0 amide bonds. The van der Waals surface area contributed by atoms with Crippen LogP contribution in [0.5, 0.6) is 5.75 Å². The van der Waals surface area contributed by atoms with Crippen LogP contribution >= 0.6 is 11.6 Å². The van der Waals surface area contributed by atoms with Crippen molar-refractivity contribution in [3.63, 3.8) is 0 Å². The summed E-state index contributed by atoms with van der Waals surface area (Å²) < 4.78 is 5.38. The molecule has 21 heavy (non-hydrogen) atoms. The minimum absolute atomic E-state index is 0.211. The Morgan fingerprint density at radius 1 is 1.10 bits per heavy atom. The van der Waals surface area contributed by atoms with Gasteiger partial charge in [-0.25, -0.2) is 4.98 Å². The summed E-state index contributed by atoms with van der Waals surface area (Å²) in [7, 11) is 1.64. The molecule has 1 N–H and O–H groups in total. The summed E-state index contributed by atoms with van der Waals surface area (Å²) in [6, 6.07) is 13.6. The van der Waals surface area contributed by atoms with Crippen LogP contribution in [0.15, 0.2) is 42.5 Å². The molecular weight excluding hydrogens is 286 g/mol. The fraction of sp³-hybridized carbons (Fsp3) is 0.125. The monoisotopic (exact) mass is 299 g/mol. The van der Waals surface area contributed by atoms with Gasteiger partial charge in [0.2, 0.25) is 5.28 Å². The van der Waals surface area contributed by atoms with Gasteiger partial charge in [-0.3, -0.25) is 0 Å². The normalized spacial score (nSPS) is 10.6. The molecule has 1 heterocycles. The van der Waals surface area contributed by atoms with E-state index >= 15 is 0 Å². The number of aromatic nitrogens is 2. The standard InChI is InChI=1S/C16H14ClN3O/c1-10-7-8-14(21-2)13(9-10)18-15-11-5-3-4-6-12(11)19-16(17)20-15/h3-9H,1-2H3,(H,18,19,20). The van der Waals surface area contributed by atoms with Gasteiger partial charge in [0.05, 0.1) is 18.3 Å². The quantitative estimate of drug-likeness (QED) is 0.731. The zero-order valence-corrected chi connectivity index (χ0v) is 12.5. The Morgan fingerprint density at radius 3 is 2.71 bits per heavy atom. The number of aryl methyl sites for hydroxylation is 1. The van der Waals surface area contributed by atoms with Gasteiger partial charge in [-0.1, -0.05) is 18.2 Å². The van der Waals surface area contributed by atoms with Gasteiger partial charge in [-0.2, -0.15) is 4.98 Å². The van der Waals surface area contributed by atoms with Crippen molar-refractivity contribution < 1.29 is 4.74 Å². The summed E-state index contributed by atoms with van der Waals surface area (Å²) in [5.41, 5.74) is 2.77. The molecule has 3 rings (SSSR count). The third-order valence-electron chi connectivity index (χ3n) is 3.18. The van der Waals surface area contributed by atoms with Crippen molar-refractivity contribution in [3.05, 3.63) is 53.3 Å². The van der Waals surface area contributed by atoms with E-state index in [0.717, 1.165) is 27.9 Å². The highest BCUT2D eigenvalue weighted by molar-refractivity contribution is 6.28. The lowest BCUT2D eigenvalue weighted by molar-refractivity contribution is 0.416. The van der Waals surface area contributed by atoms with Crippen molar-refractivity contribution in [2.24, 2.45) is 0 Å². The van der Waals surface area contributed by atoms with E-state index in [1.165, 1.54) is 0 Å². The topological polar surface area (TPSA) is 47.0 Å². The second kappa shape index (κ2) is 5.58. The number of para-hydroxylation sites is 1. The lowest BCUT2D eigenvalue weighted by atomic mass is 10.2. The Kier molecular flexibility index (Phi) is 3.62. The Morgan fingerprint density at radius 2 is 1.90 bits per heavy atom. The smallest absolute Gasteiger partial charge is 0.224 e. The number of halogens is 1. The van der Waals surface area contributed by atoms with Crippen molar-refractivity contribution in [2.45, 2.75) is 6.92 Å². The highest BCUT2D eigenvalue weighted by Crippen LogP contribution is 2.31. The Bertz CT molecular complexity index is 805. The van der Waals surface area contributed by atoms with Crippen molar-refractivity contribution >= 4 is 34.0 Å². The average molecular weight is 300 g/mol. The molecule has 0 fully saturated rings. The molecule has 0 atom stereocenters. The summed E-state index contributed by atoms with van der Waals surface area (Å²) >= 11 is 6.00. The van der Waals surface area contributed by atoms with Gasteiger partial charge in [-0.05, 0) is 48.4 Å². The summed E-state index contributed by atoms with van der Waals surface area (Å²) in [6.07, 6.45) is 0. The molecule has 0 aliphatic carbocycles. The lowest BCUT2D eigenvalue weighted by Crippen LogP contribution is -1.99. The molecule has 3 aromatic rings. The van der Waals surface area contributed by atoms with Gasteiger partial charge in [-0.15, -0.1) is 0 Å². The first-order valence-corrected chi connectivity index (χ1v) is 6.89. The zero-order chi connectivity index (χ0) is 14.8. The Labute approximate surface area is 127 Å². The van der Waals surface area contributed by atoms with Gasteiger partial charge < -0.3 is 10.1 Å². The zero-order valence-electron chi connectivity index (χ0n) is 11.7. The van der Waals surface area contributed by atoms with Gasteiger partial charge >= 0.3 is 0 Å². The maximum atomic E-state index is 6.00. The first-order valence-electron chi connectivity index (χ1n) is 6.51. The number of ether oxygens (including phenoxy) is 1. The van der Waals surface area contributed by atoms with E-state index in [0.29, 0.717) is 5.82 Å². The molecule has 0 aliphatic rings. The molecule has 2 aromatic carbocycles. The molecule has 106 valence electrons. The highest BCUT2D eigenvalue weighted by atomic mass is 35.5. The molecule has 5 heteroatoms. The number of hydrogen-bond donors (Lipinski definition) is 1. The van der Waals surface area contributed by atoms with Gasteiger partial charge in [0, 0.05) is 5.39 Å². The summed E-state index contributed by atoms with van der Waals surface area (Å²) in [6.45, 7) is 2.02. The van der Waals surface area contributed by atoms with Crippen LogP contribution in [0.3, 0.4) is 0 Å². The van der Waals surface area contributed by atoms with Crippen LogP contribution in [0.2, 0.25) is 5.28 Å². The summed E-state index contributed by atoms with van der Waals surface area (Å²) in [4.78, 5) is 8.51. The highest BCUT2D eigenvalue weighted by Gasteiger charge is 2.09. The third-order valence-corrected chi connectivity index (χ3v) is 3.35. The average Bonchev–Trinajstić information content (AvgIpc) is 2.47. The molecule has 0 aliphatic heterocycles. The number of fused-ring (bicyclic) bond motifs is 1. The minimum atomic E-state index is 0.211. The van der Waals surface area contributed by atoms with E-state index in [1.807, 2.05) is 49.4 Å². The molecule has 0 unspecified atom stereocenters. The van der Waals surface area contributed by atoms with Gasteiger partial charge in [0.15, 0.2) is 0 Å².